The maximum Gasteiger partial charge on any atom is 0.263 e. The van der Waals surface area contributed by atoms with Crippen molar-refractivity contribution >= 4 is 25.9 Å². The van der Waals surface area contributed by atoms with Crippen LogP contribution in [0.3, 0.4) is 0 Å². The minimum Gasteiger partial charge on any atom is -0.392 e. The summed E-state index contributed by atoms with van der Waals surface area (Å²) in [4.78, 5) is 0.362. The average Bonchev–Trinajstić information content (AvgIpc) is 3.19. The lowest BCUT2D eigenvalue weighted by molar-refractivity contribution is 0.282. The van der Waals surface area contributed by atoms with Crippen molar-refractivity contribution in [1.82, 2.24) is 4.57 Å². The van der Waals surface area contributed by atoms with Crippen LogP contribution in [0.4, 0.5) is 5.82 Å². The third-order valence-electron chi connectivity index (χ3n) is 4.82. The summed E-state index contributed by atoms with van der Waals surface area (Å²) in [6.45, 7) is 1.87. The minimum absolute atomic E-state index is 0.0293. The summed E-state index contributed by atoms with van der Waals surface area (Å²) in [5, 5.41) is 14.0. The number of hydrogen-bond donors (Lipinski definition) is 3. The second kappa shape index (κ2) is 10.7. The SMILES string of the molecule is Cc1ccc(NS(=O)(=O)c2ccccc2)n1-c1ccc(CO)cc1.NS(=O)(=O)c1ccccc1. The summed E-state index contributed by atoms with van der Waals surface area (Å²) in [5.41, 5.74) is 2.52. The zero-order valence-corrected chi connectivity index (χ0v) is 20.0. The van der Waals surface area contributed by atoms with Gasteiger partial charge in [0.1, 0.15) is 5.82 Å². The zero-order valence-electron chi connectivity index (χ0n) is 18.4. The van der Waals surface area contributed by atoms with Crippen LogP contribution in [-0.2, 0) is 26.7 Å². The van der Waals surface area contributed by atoms with Crippen LogP contribution in [0.25, 0.3) is 5.69 Å². The highest BCUT2D eigenvalue weighted by molar-refractivity contribution is 7.92. The van der Waals surface area contributed by atoms with Crippen molar-refractivity contribution < 1.29 is 21.9 Å². The van der Waals surface area contributed by atoms with Gasteiger partial charge >= 0.3 is 0 Å². The fraction of sp³-hybridized carbons (Fsp3) is 0.0833. The number of aliphatic hydroxyl groups is 1. The first kappa shape index (κ1) is 25.2. The molecule has 4 aromatic rings. The molecule has 34 heavy (non-hydrogen) atoms. The van der Waals surface area contributed by atoms with Gasteiger partial charge in [-0.25, -0.2) is 22.0 Å². The molecule has 0 radical (unpaired) electrons. The number of benzene rings is 3. The predicted octanol–water partition coefficient (Wildman–Crippen LogP) is 3.41. The Morgan fingerprint density at radius 3 is 1.76 bits per heavy atom. The van der Waals surface area contributed by atoms with Crippen molar-refractivity contribution in [2.24, 2.45) is 5.14 Å². The number of nitrogens with zero attached hydrogens (tertiary/aromatic N) is 1. The van der Waals surface area contributed by atoms with E-state index in [-0.39, 0.29) is 16.4 Å². The molecule has 3 aromatic carbocycles. The number of hydrogen-bond acceptors (Lipinski definition) is 5. The quantitative estimate of drug-likeness (QED) is 0.374. The summed E-state index contributed by atoms with van der Waals surface area (Å²) >= 11 is 0. The molecule has 1 heterocycles. The van der Waals surface area contributed by atoms with Gasteiger partial charge in [0.15, 0.2) is 0 Å². The monoisotopic (exact) mass is 499 g/mol. The van der Waals surface area contributed by atoms with E-state index in [2.05, 4.69) is 4.72 Å². The Hall–Kier alpha value is -3.44. The predicted molar refractivity (Wildman–Crippen MR) is 131 cm³/mol. The lowest BCUT2D eigenvalue weighted by Gasteiger charge is -2.14. The van der Waals surface area contributed by atoms with Gasteiger partial charge in [-0.3, -0.25) is 4.72 Å². The highest BCUT2D eigenvalue weighted by Gasteiger charge is 2.17. The molecule has 1 aromatic heterocycles. The van der Waals surface area contributed by atoms with Gasteiger partial charge in [-0.05, 0) is 61.0 Å². The van der Waals surface area contributed by atoms with Crippen LogP contribution >= 0.6 is 0 Å². The third kappa shape index (κ3) is 6.33. The molecular formula is C24H25N3O5S2. The highest BCUT2D eigenvalue weighted by Crippen LogP contribution is 2.24. The van der Waals surface area contributed by atoms with Gasteiger partial charge in [-0.2, -0.15) is 0 Å². The molecule has 0 saturated carbocycles. The molecule has 0 saturated heterocycles. The first-order chi connectivity index (χ1) is 16.1. The van der Waals surface area contributed by atoms with Gasteiger partial charge in [0.2, 0.25) is 10.0 Å². The van der Waals surface area contributed by atoms with E-state index in [1.165, 1.54) is 12.1 Å². The van der Waals surface area contributed by atoms with E-state index in [1.807, 2.05) is 41.8 Å². The third-order valence-corrected chi connectivity index (χ3v) is 7.12. The van der Waals surface area contributed by atoms with Gasteiger partial charge in [-0.15, -0.1) is 0 Å². The first-order valence-corrected chi connectivity index (χ1v) is 13.2. The van der Waals surface area contributed by atoms with Gasteiger partial charge in [0.05, 0.1) is 16.4 Å². The second-order valence-corrected chi connectivity index (χ2v) is 10.5. The highest BCUT2D eigenvalue weighted by atomic mass is 32.2. The largest absolute Gasteiger partial charge is 0.392 e. The van der Waals surface area contributed by atoms with Crippen LogP contribution in [-0.4, -0.2) is 26.5 Å². The second-order valence-electron chi connectivity index (χ2n) is 7.30. The average molecular weight is 500 g/mol. The van der Waals surface area contributed by atoms with Crippen LogP contribution < -0.4 is 9.86 Å². The molecule has 0 aliphatic heterocycles. The summed E-state index contributed by atoms with van der Waals surface area (Å²) in [7, 11) is -7.16. The first-order valence-electron chi connectivity index (χ1n) is 10.2. The van der Waals surface area contributed by atoms with Crippen molar-refractivity contribution in [3.05, 3.63) is 108 Å². The summed E-state index contributed by atoms with van der Waals surface area (Å²) < 4.78 is 50.8. The van der Waals surface area contributed by atoms with Crippen molar-refractivity contribution in [2.45, 2.75) is 23.3 Å². The molecule has 4 rings (SSSR count). The number of nitrogens with one attached hydrogen (secondary N) is 1. The molecule has 0 fully saturated rings. The molecule has 0 amide bonds. The Labute approximate surface area is 199 Å². The lowest BCUT2D eigenvalue weighted by Crippen LogP contribution is -2.15. The maximum absolute atomic E-state index is 12.5. The molecule has 0 aliphatic rings. The van der Waals surface area contributed by atoms with Gasteiger partial charge in [0, 0.05) is 11.4 Å². The van der Waals surface area contributed by atoms with Crippen molar-refractivity contribution in [3.63, 3.8) is 0 Å². The number of primary sulfonamides is 1. The van der Waals surface area contributed by atoms with E-state index < -0.39 is 20.0 Å². The molecule has 4 N–H and O–H groups in total. The minimum atomic E-state index is -3.65. The van der Waals surface area contributed by atoms with E-state index in [0.29, 0.717) is 5.82 Å². The molecule has 8 nitrogen and oxygen atoms in total. The van der Waals surface area contributed by atoms with E-state index in [0.717, 1.165) is 16.9 Å². The van der Waals surface area contributed by atoms with E-state index >= 15 is 0 Å². The summed E-state index contributed by atoms with van der Waals surface area (Å²) in [6, 6.07) is 27.0. The van der Waals surface area contributed by atoms with Crippen molar-refractivity contribution in [3.8, 4) is 5.69 Å². The van der Waals surface area contributed by atoms with Crippen LogP contribution in [0.1, 0.15) is 11.3 Å². The number of rotatable bonds is 6. The Morgan fingerprint density at radius 2 is 1.29 bits per heavy atom. The Morgan fingerprint density at radius 1 is 0.765 bits per heavy atom. The fourth-order valence-electron chi connectivity index (χ4n) is 3.12. The number of aliphatic hydroxyl groups excluding tert-OH is 1. The molecular weight excluding hydrogens is 474 g/mol. The van der Waals surface area contributed by atoms with Gasteiger partial charge in [0.25, 0.3) is 10.0 Å². The number of aryl methyl sites for hydroxylation is 1. The van der Waals surface area contributed by atoms with Crippen LogP contribution in [0.15, 0.2) is 107 Å². The number of nitrogens with two attached hydrogens (primary N) is 1. The topological polar surface area (TPSA) is 131 Å². The number of aromatic nitrogens is 1. The lowest BCUT2D eigenvalue weighted by atomic mass is 10.2. The molecule has 178 valence electrons. The van der Waals surface area contributed by atoms with Crippen LogP contribution in [0.5, 0.6) is 0 Å². The molecule has 0 aliphatic carbocycles. The molecule has 0 bridgehead atoms. The molecule has 0 unspecified atom stereocenters. The van der Waals surface area contributed by atoms with Crippen LogP contribution in [0, 0.1) is 6.92 Å². The molecule has 0 atom stereocenters. The Kier molecular flexibility index (Phi) is 7.90. The Balaban J connectivity index is 0.000000271. The van der Waals surface area contributed by atoms with Gasteiger partial charge in [-0.1, -0.05) is 48.5 Å². The van der Waals surface area contributed by atoms with Crippen molar-refractivity contribution in [1.29, 1.82) is 0 Å². The zero-order chi connectivity index (χ0) is 24.8. The number of sulfonamides is 2. The summed E-state index contributed by atoms with van der Waals surface area (Å²) in [6.07, 6.45) is 0. The maximum atomic E-state index is 12.5. The summed E-state index contributed by atoms with van der Waals surface area (Å²) in [5.74, 6) is 0.466. The standard InChI is InChI=1S/C18H18N2O3S.C6H7NO2S/c1-14-7-12-18(19-24(22,23)17-5-3-2-4-6-17)20(14)16-10-8-15(13-21)9-11-16;7-10(8,9)6-4-2-1-3-5-6/h2-12,19,21H,13H2,1H3;1-5H,(H2,7,8,9). The van der Waals surface area contributed by atoms with E-state index in [1.54, 1.807) is 54.6 Å². The van der Waals surface area contributed by atoms with Gasteiger partial charge < -0.3 is 9.67 Å². The fourth-order valence-corrected chi connectivity index (χ4v) is 4.72. The van der Waals surface area contributed by atoms with E-state index in [4.69, 9.17) is 10.2 Å². The normalized spacial score (nSPS) is 11.4. The molecule has 0 spiro atoms. The van der Waals surface area contributed by atoms with E-state index in [9.17, 15) is 16.8 Å². The van der Waals surface area contributed by atoms with Crippen LogP contribution in [0.2, 0.25) is 0 Å². The number of anilines is 1. The smallest absolute Gasteiger partial charge is 0.263 e. The van der Waals surface area contributed by atoms with Crippen molar-refractivity contribution in [2.75, 3.05) is 4.72 Å². The Bertz CT molecular complexity index is 1430. The molecule has 10 heteroatoms.